The predicted octanol–water partition coefficient (Wildman–Crippen LogP) is 15.8. The van der Waals surface area contributed by atoms with Gasteiger partial charge < -0.3 is 39.3 Å². The number of alkyl halides is 1. The van der Waals surface area contributed by atoms with Gasteiger partial charge >= 0.3 is 40.7 Å². The standard InChI is InChI=1S/C26H24Cl2N4O5.C25H23Cl2N5O4.C25H22Cl2N4O5.C20H14Cl2N4O4.C6H11BrO/c1-36-21(33)15-31-25(34)22-24(30(26(31)35)14-16-10-12-37-13-11-16)29-23(19-4-2-3-5-20(19)28)32(22)18-8-6-17(27)7-9-18;26-16-5-7-17(8-6-16)32-21-23(29-22(32)18-3-1-2-4-19(18)27)30(13-15-9-11-36-12-10-15)25(35)31(24(21)34)14-20(28)33;26-16-5-7-17(8-6-16)31-21-23(28-22(31)18-3-1-2-4-19(18)27)29(13-15-9-11-36-12-10-15)25(35)30(24(21)34)14-20(32)33;1-30-15(27)10-25-19(28)16-17(24-20(25)29)23-18(13-4-2-3-5-14(13)22)26(16)12-8-6-11(21)7-9-12;7-5-6-1-3-8-4-2-6/h2-9,16H,10-15H2,1H3;1-8,15H,9-14H2,(H2,28,33);1-8,15H,9-14H2,(H,32,33);2-9H,10H2,1H3,(H,24,29);6H,1-5H2. The SMILES string of the molecule is BrCC1CCOCC1.COC(=O)Cn1c(=O)[nH]c2nc(-c3ccccc3Cl)n(-c3ccc(Cl)cc3)c2c1=O.COC(=O)Cn1c(=O)c2c(nc(-c3ccccc3Cl)n2-c2ccc(Cl)cc2)n(CC2CCOCC2)c1=O.NC(=O)Cn1c(=O)c2c(nc(-c3ccccc3Cl)n2-c2ccc(Cl)cc2)n(CC2CCOCC2)c1=O.O=C(O)Cn1c(=O)c2c(nc(-c3ccccc3Cl)n2-c2ccc(Cl)cc2)n(CC2CCOCC2)c1=O. The molecular formula is C102H94BrCl8N17O19. The molecule has 4 fully saturated rings. The van der Waals surface area contributed by atoms with E-state index >= 15 is 0 Å². The van der Waals surface area contributed by atoms with Gasteiger partial charge in [0.1, 0.15) is 49.5 Å². The summed E-state index contributed by atoms with van der Waals surface area (Å²) in [7, 11) is 2.38. The Morgan fingerprint density at radius 3 is 0.884 bits per heavy atom. The monoisotopic (exact) mass is 2220 g/mol. The van der Waals surface area contributed by atoms with E-state index in [1.807, 2.05) is 12.1 Å². The van der Waals surface area contributed by atoms with Crippen LogP contribution in [0.25, 0.3) is 113 Å². The number of ether oxygens (including phenoxy) is 6. The number of fused-ring (bicyclic) bond motifs is 4. The summed E-state index contributed by atoms with van der Waals surface area (Å²) in [6.07, 6.45) is 7.01. The topological polar surface area (TPSA) is 428 Å². The second-order valence-corrected chi connectivity index (χ2v) is 38.7. The maximum atomic E-state index is 13.8. The van der Waals surface area contributed by atoms with Crippen LogP contribution in [-0.4, -0.2) is 176 Å². The lowest BCUT2D eigenvalue weighted by Crippen LogP contribution is -2.44. The number of hydrogen-bond donors (Lipinski definition) is 3. The molecule has 12 heterocycles. The summed E-state index contributed by atoms with van der Waals surface area (Å²) < 4.78 is 45.0. The van der Waals surface area contributed by atoms with Gasteiger partial charge in [-0.15, -0.1) is 0 Å². The number of rotatable bonds is 23. The van der Waals surface area contributed by atoms with E-state index in [4.69, 9.17) is 137 Å². The third-order valence-electron chi connectivity index (χ3n) is 25.2. The van der Waals surface area contributed by atoms with Crippen molar-refractivity contribution in [2.75, 3.05) is 72.4 Å². The van der Waals surface area contributed by atoms with E-state index in [1.165, 1.54) is 40.8 Å². The molecule has 764 valence electrons. The number of nitrogens with zero attached hydrogens (tertiary/aromatic N) is 15. The molecule has 4 N–H and O–H groups in total. The molecule has 147 heavy (non-hydrogen) atoms. The van der Waals surface area contributed by atoms with Crippen molar-refractivity contribution in [3.63, 3.8) is 0 Å². The molecule has 0 radical (unpaired) electrons. The molecule has 0 spiro atoms. The van der Waals surface area contributed by atoms with Crippen LogP contribution in [-0.2, 0) is 93.4 Å². The molecule has 4 aliphatic rings. The Labute approximate surface area is 883 Å². The molecule has 8 aromatic carbocycles. The lowest BCUT2D eigenvalue weighted by Gasteiger charge is -2.23. The van der Waals surface area contributed by atoms with Crippen molar-refractivity contribution in [2.24, 2.45) is 29.4 Å². The highest BCUT2D eigenvalue weighted by molar-refractivity contribution is 9.09. The zero-order valence-electron chi connectivity index (χ0n) is 78.7. The molecule has 8 aromatic heterocycles. The zero-order chi connectivity index (χ0) is 104. The maximum absolute atomic E-state index is 13.8. The summed E-state index contributed by atoms with van der Waals surface area (Å²) in [6, 6.07) is 55.6. The fourth-order valence-electron chi connectivity index (χ4n) is 17.7. The van der Waals surface area contributed by atoms with Gasteiger partial charge in [0.15, 0.2) is 44.7 Å². The zero-order valence-corrected chi connectivity index (χ0v) is 86.4. The first-order valence-corrected chi connectivity index (χ1v) is 50.6. The molecule has 0 bridgehead atoms. The average Bonchev–Trinajstić information content (AvgIpc) is 1.59. The number of imidazole rings is 4. The Morgan fingerprint density at radius 1 is 0.354 bits per heavy atom. The quantitative estimate of drug-likeness (QED) is 0.0395. The Kier molecular flexibility index (Phi) is 35.0. The fraction of sp³-hybridized carbons (Fsp3) is 0.294. The van der Waals surface area contributed by atoms with Crippen molar-refractivity contribution in [2.45, 2.75) is 97.2 Å². The van der Waals surface area contributed by atoms with Gasteiger partial charge in [0.2, 0.25) is 5.91 Å². The minimum absolute atomic E-state index is 0.0657. The van der Waals surface area contributed by atoms with Crippen molar-refractivity contribution in [3.05, 3.63) is 318 Å². The summed E-state index contributed by atoms with van der Waals surface area (Å²) in [5.74, 6) is -0.793. The maximum Gasteiger partial charge on any atom is 0.333 e. The minimum Gasteiger partial charge on any atom is -0.480 e. The van der Waals surface area contributed by atoms with Crippen molar-refractivity contribution >= 4 is 177 Å². The molecule has 0 atom stereocenters. The number of esters is 2. The number of nitrogens with one attached hydrogen (secondary N) is 1. The molecule has 4 aliphatic heterocycles. The van der Waals surface area contributed by atoms with Crippen LogP contribution in [0.5, 0.6) is 0 Å². The number of aliphatic carboxylic acids is 1. The van der Waals surface area contributed by atoms with Crippen molar-refractivity contribution < 1.29 is 52.7 Å². The van der Waals surface area contributed by atoms with Gasteiger partial charge in [-0.3, -0.25) is 75.3 Å². The smallest absolute Gasteiger partial charge is 0.333 e. The number of carbonyl (C=O) groups excluding carboxylic acids is 3. The summed E-state index contributed by atoms with van der Waals surface area (Å²) in [6.45, 7) is 3.98. The highest BCUT2D eigenvalue weighted by Crippen LogP contribution is 2.39. The first-order chi connectivity index (χ1) is 70.9. The number of methoxy groups -OCH3 is 2. The number of benzene rings is 8. The number of aromatic nitrogens is 16. The Hall–Kier alpha value is -13.1. The van der Waals surface area contributed by atoms with Gasteiger partial charge in [-0.05, 0) is 221 Å². The molecule has 0 aliphatic carbocycles. The highest BCUT2D eigenvalue weighted by Gasteiger charge is 2.34. The summed E-state index contributed by atoms with van der Waals surface area (Å²) >= 11 is 53.8. The molecule has 4 saturated heterocycles. The van der Waals surface area contributed by atoms with Crippen molar-refractivity contribution in [1.29, 1.82) is 0 Å². The third-order valence-corrected chi connectivity index (χ3v) is 28.4. The largest absolute Gasteiger partial charge is 0.480 e. The van der Waals surface area contributed by atoms with Crippen molar-refractivity contribution in [1.82, 2.24) is 75.2 Å². The number of H-pyrrole nitrogens is 1. The van der Waals surface area contributed by atoms with E-state index in [9.17, 15) is 62.6 Å². The van der Waals surface area contributed by atoms with E-state index in [2.05, 4.69) is 30.6 Å². The van der Waals surface area contributed by atoms with Gasteiger partial charge in [0, 0.05) is 143 Å². The van der Waals surface area contributed by atoms with Gasteiger partial charge in [-0.1, -0.05) is 157 Å². The summed E-state index contributed by atoms with van der Waals surface area (Å²) in [5.41, 5.74) is 5.60. The molecule has 16 aromatic rings. The molecule has 0 saturated carbocycles. The Morgan fingerprint density at radius 2 is 0.612 bits per heavy atom. The third kappa shape index (κ3) is 23.9. The second kappa shape index (κ2) is 48.2. The lowest BCUT2D eigenvalue weighted by atomic mass is 10.0. The Bertz CT molecular complexity index is 7920. The van der Waals surface area contributed by atoms with Gasteiger partial charge in [0.25, 0.3) is 22.2 Å². The van der Waals surface area contributed by atoms with E-state index in [1.54, 1.807) is 200 Å². The van der Waals surface area contributed by atoms with Gasteiger partial charge in [-0.25, -0.2) is 57.4 Å². The molecule has 1 amide bonds. The summed E-state index contributed by atoms with van der Waals surface area (Å²) in [5, 5.41) is 14.3. The molecule has 45 heteroatoms. The van der Waals surface area contributed by atoms with Crippen LogP contribution in [0.15, 0.2) is 232 Å². The van der Waals surface area contributed by atoms with Crippen LogP contribution >= 0.6 is 109 Å². The van der Waals surface area contributed by atoms with E-state index in [-0.39, 0.29) is 69.0 Å². The first-order valence-electron chi connectivity index (χ1n) is 46.5. The van der Waals surface area contributed by atoms with Crippen LogP contribution in [0.2, 0.25) is 40.2 Å². The summed E-state index contributed by atoms with van der Waals surface area (Å²) in [4.78, 5) is 176. The number of halogens is 9. The number of carboxylic acids is 1. The number of aromatic amines is 1. The van der Waals surface area contributed by atoms with E-state index in [0.29, 0.717) is 161 Å². The van der Waals surface area contributed by atoms with Gasteiger partial charge in [0.05, 0.1) is 34.3 Å². The van der Waals surface area contributed by atoms with E-state index < -0.39 is 95.0 Å². The first kappa shape index (κ1) is 107. The average molecular weight is 2230 g/mol. The lowest BCUT2D eigenvalue weighted by molar-refractivity contribution is -0.142. The molecular weight excluding hydrogens is 2130 g/mol. The van der Waals surface area contributed by atoms with Crippen molar-refractivity contribution in [3.8, 4) is 68.3 Å². The fourth-order valence-corrected chi connectivity index (χ4v) is 19.7. The van der Waals surface area contributed by atoms with Crippen LogP contribution in [0.4, 0.5) is 0 Å². The number of primary amides is 1. The van der Waals surface area contributed by atoms with Gasteiger partial charge in [-0.2, -0.15) is 0 Å². The van der Waals surface area contributed by atoms with Crippen LogP contribution in [0, 0.1) is 23.7 Å². The normalized spacial score (nSPS) is 14.2. The predicted molar refractivity (Wildman–Crippen MR) is 565 cm³/mol. The number of carboxylic acid groups (broad SMARTS) is 1. The molecule has 36 nitrogen and oxygen atoms in total. The number of carbonyl (C=O) groups is 4. The molecule has 20 rings (SSSR count). The van der Waals surface area contributed by atoms with Crippen LogP contribution in [0.1, 0.15) is 51.4 Å². The Balaban J connectivity index is 0.000000137. The minimum atomic E-state index is -1.30. The van der Waals surface area contributed by atoms with Crippen LogP contribution < -0.4 is 50.7 Å². The highest BCUT2D eigenvalue weighted by atomic mass is 79.9. The number of hydrogen-bond acceptors (Lipinski definition) is 22. The molecule has 0 unspecified atom stereocenters. The number of amides is 1. The van der Waals surface area contributed by atoms with Crippen LogP contribution in [0.3, 0.4) is 0 Å². The van der Waals surface area contributed by atoms with E-state index in [0.717, 1.165) is 81.3 Å². The second-order valence-electron chi connectivity index (χ2n) is 34.7. The number of nitrogens with two attached hydrogens (primary N) is 1.